The van der Waals surface area contributed by atoms with E-state index in [1.165, 1.54) is 18.2 Å². The second-order valence-electron chi connectivity index (χ2n) is 5.32. The maximum Gasteiger partial charge on any atom is 0.294 e. The number of hydrogen-bond donors (Lipinski definition) is 1. The third-order valence-corrected chi connectivity index (χ3v) is 4.38. The molecular weight excluding hydrogens is 328 g/mol. The fourth-order valence-electron chi connectivity index (χ4n) is 2.25. The van der Waals surface area contributed by atoms with Crippen LogP contribution < -0.4 is 5.11 Å². The van der Waals surface area contributed by atoms with Gasteiger partial charge in [0, 0.05) is 0 Å². The Hall–Kier alpha value is -2.77. The van der Waals surface area contributed by atoms with Crippen LogP contribution in [0, 0.1) is 6.92 Å². The van der Waals surface area contributed by atoms with Gasteiger partial charge >= 0.3 is 0 Å². The first-order chi connectivity index (χ1) is 11.3. The maximum atomic E-state index is 11.4. The van der Waals surface area contributed by atoms with Crippen molar-refractivity contribution in [2.45, 2.75) is 11.8 Å². The van der Waals surface area contributed by atoms with E-state index in [1.807, 2.05) is 0 Å². The summed E-state index contributed by atoms with van der Waals surface area (Å²) in [6, 6.07) is 14.1. The van der Waals surface area contributed by atoms with Crippen molar-refractivity contribution < 1.29 is 18.1 Å². The molecule has 1 N–H and O–H groups in total. The first kappa shape index (κ1) is 16.1. The Morgan fingerprint density at radius 3 is 2.12 bits per heavy atom. The summed E-state index contributed by atoms with van der Waals surface area (Å²) < 4.78 is 31.4. The summed E-state index contributed by atoms with van der Waals surface area (Å²) in [7, 11) is -4.23. The molecule has 7 heteroatoms. The van der Waals surface area contributed by atoms with Gasteiger partial charge in [0.25, 0.3) is 10.1 Å². The standard InChI is InChI=1S/C17H14N2O4S/c1-11-8-14(5-7-17(11)20)18-19-15-4-2-13-10-16(24(21,22)23)6-3-12(13)9-15/h2-10,20H,1H3,(H,21,22,23)/p-1. The molecule has 6 nitrogen and oxygen atoms in total. The number of nitrogens with zero attached hydrogens (tertiary/aromatic N) is 2. The minimum absolute atomic E-state index is 0.0469. The summed E-state index contributed by atoms with van der Waals surface area (Å²) in [5, 5.41) is 21.0. The minimum atomic E-state index is -4.23. The average Bonchev–Trinajstić information content (AvgIpc) is 2.54. The van der Waals surface area contributed by atoms with E-state index in [1.54, 1.807) is 43.3 Å². The van der Waals surface area contributed by atoms with Crippen molar-refractivity contribution in [3.8, 4) is 5.75 Å². The lowest BCUT2D eigenvalue weighted by Gasteiger charge is -2.08. The summed E-state index contributed by atoms with van der Waals surface area (Å²) in [4.78, 5) is -0.155. The van der Waals surface area contributed by atoms with Crippen LogP contribution in [0.3, 0.4) is 0 Å². The van der Waals surface area contributed by atoms with Crippen LogP contribution in [0.25, 0.3) is 10.8 Å². The van der Waals surface area contributed by atoms with Crippen molar-refractivity contribution in [3.63, 3.8) is 0 Å². The molecule has 0 aliphatic carbocycles. The molecule has 3 aromatic carbocycles. The molecule has 3 rings (SSSR count). The molecule has 0 unspecified atom stereocenters. The SMILES string of the molecule is Cc1cc(N=Nc2ccc3cc(S(=O)(=O)O)ccc3c2)ccc1[O-]. The third kappa shape index (κ3) is 3.42. The van der Waals surface area contributed by atoms with E-state index in [9.17, 15) is 13.5 Å². The highest BCUT2D eigenvalue weighted by molar-refractivity contribution is 7.85. The highest BCUT2D eigenvalue weighted by atomic mass is 32.2. The number of benzene rings is 3. The van der Waals surface area contributed by atoms with Crippen molar-refractivity contribution in [3.05, 3.63) is 60.2 Å². The molecule has 0 amide bonds. The van der Waals surface area contributed by atoms with Gasteiger partial charge in [0.05, 0.1) is 16.3 Å². The van der Waals surface area contributed by atoms with Gasteiger partial charge in [-0.3, -0.25) is 4.55 Å². The number of azo groups is 1. The van der Waals surface area contributed by atoms with Crippen LogP contribution in [-0.4, -0.2) is 13.0 Å². The number of hydrogen-bond acceptors (Lipinski definition) is 5. The molecule has 3 aromatic rings. The first-order valence-electron chi connectivity index (χ1n) is 7.04. The Bertz CT molecular complexity index is 1060. The minimum Gasteiger partial charge on any atom is -0.872 e. The van der Waals surface area contributed by atoms with Crippen LogP contribution in [-0.2, 0) is 10.1 Å². The van der Waals surface area contributed by atoms with E-state index in [2.05, 4.69) is 10.2 Å². The summed E-state index contributed by atoms with van der Waals surface area (Å²) in [5.74, 6) is -0.0469. The van der Waals surface area contributed by atoms with Crippen LogP contribution in [0.15, 0.2) is 69.7 Å². The molecular formula is C17H13N2O4S-. The molecule has 0 aliphatic heterocycles. The number of aryl methyl sites for hydroxylation is 1. The lowest BCUT2D eigenvalue weighted by atomic mass is 10.1. The number of rotatable bonds is 3. The molecule has 0 atom stereocenters. The fraction of sp³-hybridized carbons (Fsp3) is 0.0588. The molecule has 0 heterocycles. The Morgan fingerprint density at radius 1 is 0.875 bits per heavy atom. The van der Waals surface area contributed by atoms with Crippen molar-refractivity contribution in [1.29, 1.82) is 0 Å². The smallest absolute Gasteiger partial charge is 0.294 e. The van der Waals surface area contributed by atoms with E-state index >= 15 is 0 Å². The predicted molar refractivity (Wildman–Crippen MR) is 88.6 cm³/mol. The molecule has 0 fully saturated rings. The van der Waals surface area contributed by atoms with Gasteiger partial charge < -0.3 is 5.11 Å². The molecule has 24 heavy (non-hydrogen) atoms. The van der Waals surface area contributed by atoms with E-state index in [0.29, 0.717) is 22.3 Å². The van der Waals surface area contributed by atoms with Gasteiger partial charge in [0.2, 0.25) is 0 Å². The summed E-state index contributed by atoms with van der Waals surface area (Å²) >= 11 is 0. The molecule has 0 aliphatic rings. The highest BCUT2D eigenvalue weighted by Gasteiger charge is 2.09. The molecule has 0 saturated heterocycles. The average molecular weight is 341 g/mol. The third-order valence-electron chi connectivity index (χ3n) is 3.53. The Morgan fingerprint density at radius 2 is 1.46 bits per heavy atom. The monoisotopic (exact) mass is 341 g/mol. The van der Waals surface area contributed by atoms with E-state index in [0.717, 1.165) is 5.39 Å². The van der Waals surface area contributed by atoms with Gasteiger partial charge in [0.15, 0.2) is 0 Å². The Balaban J connectivity index is 1.93. The normalized spacial score (nSPS) is 12.1. The zero-order valence-corrected chi connectivity index (χ0v) is 13.5. The number of fused-ring (bicyclic) bond motifs is 1. The van der Waals surface area contributed by atoms with Gasteiger partial charge in [0.1, 0.15) is 0 Å². The lowest BCUT2D eigenvalue weighted by Crippen LogP contribution is -1.97. The lowest BCUT2D eigenvalue weighted by molar-refractivity contribution is -0.269. The largest absolute Gasteiger partial charge is 0.872 e. The van der Waals surface area contributed by atoms with Crippen LogP contribution in [0.5, 0.6) is 5.75 Å². The van der Waals surface area contributed by atoms with Gasteiger partial charge in [-0.15, -0.1) is 5.75 Å². The summed E-state index contributed by atoms with van der Waals surface area (Å²) in [6.45, 7) is 1.71. The quantitative estimate of drug-likeness (QED) is 0.576. The topological polar surface area (TPSA) is 102 Å². The van der Waals surface area contributed by atoms with Gasteiger partial charge in [-0.1, -0.05) is 23.8 Å². The van der Waals surface area contributed by atoms with Crippen molar-refractivity contribution in [2.24, 2.45) is 10.2 Å². The fourth-order valence-corrected chi connectivity index (χ4v) is 2.76. The molecule has 0 radical (unpaired) electrons. The van der Waals surface area contributed by atoms with Crippen LogP contribution in [0.4, 0.5) is 11.4 Å². The van der Waals surface area contributed by atoms with Gasteiger partial charge in [-0.05, 0) is 54.1 Å². The van der Waals surface area contributed by atoms with Gasteiger partial charge in [-0.25, -0.2) is 0 Å². The van der Waals surface area contributed by atoms with Gasteiger partial charge in [-0.2, -0.15) is 18.6 Å². The zero-order valence-electron chi connectivity index (χ0n) is 12.7. The van der Waals surface area contributed by atoms with Crippen LogP contribution in [0.1, 0.15) is 5.56 Å². The molecule has 0 spiro atoms. The zero-order chi connectivity index (χ0) is 17.3. The summed E-state index contributed by atoms with van der Waals surface area (Å²) in [5.41, 5.74) is 1.77. The van der Waals surface area contributed by atoms with Crippen LogP contribution in [0.2, 0.25) is 0 Å². The van der Waals surface area contributed by atoms with Crippen molar-refractivity contribution in [1.82, 2.24) is 0 Å². The van der Waals surface area contributed by atoms with E-state index in [-0.39, 0.29) is 10.6 Å². The second-order valence-corrected chi connectivity index (χ2v) is 6.74. The predicted octanol–water partition coefficient (Wildman–Crippen LogP) is 3.88. The van der Waals surface area contributed by atoms with E-state index in [4.69, 9.17) is 4.55 Å². The second kappa shape index (κ2) is 6.03. The maximum absolute atomic E-state index is 11.4. The van der Waals surface area contributed by atoms with Crippen molar-refractivity contribution in [2.75, 3.05) is 0 Å². The first-order valence-corrected chi connectivity index (χ1v) is 8.48. The summed E-state index contributed by atoms with van der Waals surface area (Å²) in [6.07, 6.45) is 0. The Kier molecular flexibility index (Phi) is 4.04. The molecule has 0 bridgehead atoms. The Labute approximate surface area is 138 Å². The highest BCUT2D eigenvalue weighted by Crippen LogP contribution is 2.26. The molecule has 0 saturated carbocycles. The van der Waals surface area contributed by atoms with Crippen molar-refractivity contribution >= 4 is 32.3 Å². The molecule has 122 valence electrons. The molecule has 0 aromatic heterocycles. The van der Waals surface area contributed by atoms with E-state index < -0.39 is 10.1 Å². The van der Waals surface area contributed by atoms with Crippen LogP contribution >= 0.6 is 0 Å².